The van der Waals surface area contributed by atoms with Crippen molar-refractivity contribution < 1.29 is 22.9 Å². The van der Waals surface area contributed by atoms with Gasteiger partial charge < -0.3 is 18.8 Å². The molecule has 0 radical (unpaired) electrons. The van der Waals surface area contributed by atoms with E-state index in [0.29, 0.717) is 12.2 Å². The lowest BCUT2D eigenvalue weighted by atomic mass is 10.1. The Morgan fingerprint density at radius 3 is 2.68 bits per heavy atom. The number of nitrogens with zero attached hydrogens (tertiary/aromatic N) is 2. The molecule has 1 saturated heterocycles. The van der Waals surface area contributed by atoms with Gasteiger partial charge >= 0.3 is 5.91 Å². The van der Waals surface area contributed by atoms with Gasteiger partial charge in [0.25, 0.3) is 5.91 Å². The molecule has 0 spiro atoms. The van der Waals surface area contributed by atoms with Gasteiger partial charge in [-0.15, -0.1) is 0 Å². The summed E-state index contributed by atoms with van der Waals surface area (Å²) in [7, 11) is 1.64. The molecular formula is C22H22FN3O4S. The first-order chi connectivity index (χ1) is 14.9. The van der Waals surface area contributed by atoms with Crippen molar-refractivity contribution in [2.45, 2.75) is 18.2 Å². The van der Waals surface area contributed by atoms with Crippen molar-refractivity contribution >= 4 is 39.8 Å². The van der Waals surface area contributed by atoms with Crippen LogP contribution in [0.15, 0.2) is 51.8 Å². The first-order valence-electron chi connectivity index (χ1n) is 9.94. The Hall–Kier alpha value is -3.04. The Kier molecular flexibility index (Phi) is 5.88. The van der Waals surface area contributed by atoms with Crippen LogP contribution < -0.4 is 9.62 Å². The highest BCUT2D eigenvalue weighted by Gasteiger charge is 2.27. The summed E-state index contributed by atoms with van der Waals surface area (Å²) in [5, 5.41) is 0.181. The molecule has 1 aromatic heterocycles. The van der Waals surface area contributed by atoms with E-state index in [1.54, 1.807) is 31.3 Å². The number of carbonyl (C=O) groups is 2. The Morgan fingerprint density at radius 2 is 2.00 bits per heavy atom. The van der Waals surface area contributed by atoms with Crippen LogP contribution in [-0.4, -0.2) is 47.9 Å². The number of benzene rings is 2. The minimum absolute atomic E-state index is 0.155. The second-order valence-electron chi connectivity index (χ2n) is 7.31. The van der Waals surface area contributed by atoms with E-state index >= 15 is 0 Å². The van der Waals surface area contributed by atoms with Gasteiger partial charge in [0, 0.05) is 44.5 Å². The predicted octanol–water partition coefficient (Wildman–Crippen LogP) is 3.33. The van der Waals surface area contributed by atoms with E-state index in [4.69, 9.17) is 4.42 Å². The fourth-order valence-electron chi connectivity index (χ4n) is 3.30. The maximum atomic E-state index is 14.5. The SMILES string of the molecule is CCN(C)C(=O)c1ccccc1[S+]([O-])NC(=O)c1cc2c(F)cc(N3CCC3)cc2o1. The van der Waals surface area contributed by atoms with Gasteiger partial charge in [-0.25, -0.2) is 4.39 Å². The lowest BCUT2D eigenvalue weighted by molar-refractivity contribution is 0.0798. The van der Waals surface area contributed by atoms with Crippen molar-refractivity contribution in [3.05, 3.63) is 59.6 Å². The maximum absolute atomic E-state index is 14.5. The molecule has 162 valence electrons. The third kappa shape index (κ3) is 4.11. The molecular weight excluding hydrogens is 421 g/mol. The number of anilines is 1. The van der Waals surface area contributed by atoms with E-state index in [-0.39, 0.29) is 33.1 Å². The highest BCUT2D eigenvalue weighted by Crippen LogP contribution is 2.30. The van der Waals surface area contributed by atoms with Crippen LogP contribution in [0, 0.1) is 5.82 Å². The summed E-state index contributed by atoms with van der Waals surface area (Å²) >= 11 is -2.00. The zero-order valence-electron chi connectivity index (χ0n) is 17.2. The van der Waals surface area contributed by atoms with E-state index in [9.17, 15) is 18.5 Å². The van der Waals surface area contributed by atoms with Gasteiger partial charge in [-0.1, -0.05) is 12.1 Å². The Labute approximate surface area is 182 Å². The van der Waals surface area contributed by atoms with Crippen LogP contribution in [0.25, 0.3) is 11.0 Å². The van der Waals surface area contributed by atoms with Gasteiger partial charge in [-0.3, -0.25) is 9.59 Å². The fraction of sp³-hybridized carbons (Fsp3) is 0.273. The van der Waals surface area contributed by atoms with Crippen molar-refractivity contribution in [1.82, 2.24) is 9.62 Å². The van der Waals surface area contributed by atoms with Crippen LogP contribution in [0.4, 0.5) is 10.1 Å². The number of hydrogen-bond acceptors (Lipinski definition) is 5. The number of furan rings is 1. The van der Waals surface area contributed by atoms with Crippen LogP contribution in [0.3, 0.4) is 0 Å². The van der Waals surface area contributed by atoms with Crippen molar-refractivity contribution in [2.75, 3.05) is 31.6 Å². The molecule has 0 bridgehead atoms. The van der Waals surface area contributed by atoms with Gasteiger partial charge in [-0.05, 0) is 31.5 Å². The number of amides is 2. The van der Waals surface area contributed by atoms with E-state index in [1.165, 1.54) is 23.1 Å². The molecule has 7 nitrogen and oxygen atoms in total. The molecule has 9 heteroatoms. The first-order valence-corrected chi connectivity index (χ1v) is 11.1. The molecule has 0 saturated carbocycles. The van der Waals surface area contributed by atoms with Crippen molar-refractivity contribution in [3.63, 3.8) is 0 Å². The van der Waals surface area contributed by atoms with Crippen molar-refractivity contribution in [1.29, 1.82) is 0 Å². The van der Waals surface area contributed by atoms with Crippen molar-refractivity contribution in [3.8, 4) is 0 Å². The Morgan fingerprint density at radius 1 is 1.26 bits per heavy atom. The molecule has 2 amide bonds. The van der Waals surface area contributed by atoms with Crippen LogP contribution >= 0.6 is 0 Å². The summed E-state index contributed by atoms with van der Waals surface area (Å²) in [6.45, 7) is 4.01. The Bertz CT molecular complexity index is 1140. The quantitative estimate of drug-likeness (QED) is 0.591. The fourth-order valence-corrected chi connectivity index (χ4v) is 4.23. The standard InChI is InChI=1S/C22H22FN3O4S/c1-3-25(2)22(28)15-7-4-5-8-20(15)31(29)24-21(27)19-13-16-17(23)11-14(12-18(16)30-19)26-9-6-10-26/h4-5,7-8,11-13H,3,6,9-10H2,1-2H3,(H,24,27). The molecule has 4 rings (SSSR count). The van der Waals surface area contributed by atoms with Gasteiger partial charge in [0.05, 0.1) is 10.9 Å². The third-order valence-corrected chi connectivity index (χ3v) is 6.47. The average molecular weight is 444 g/mol. The van der Waals surface area contributed by atoms with Crippen LogP contribution in [0.5, 0.6) is 0 Å². The minimum Gasteiger partial charge on any atom is -0.588 e. The van der Waals surface area contributed by atoms with Gasteiger partial charge in [0.15, 0.2) is 10.7 Å². The molecule has 2 aromatic carbocycles. The van der Waals surface area contributed by atoms with Gasteiger partial charge in [0.2, 0.25) is 0 Å². The highest BCUT2D eigenvalue weighted by atomic mass is 32.2. The summed E-state index contributed by atoms with van der Waals surface area (Å²) in [5.41, 5.74) is 1.19. The zero-order chi connectivity index (χ0) is 22.1. The molecule has 31 heavy (non-hydrogen) atoms. The number of rotatable bonds is 6. The summed E-state index contributed by atoms with van der Waals surface area (Å²) < 4.78 is 35.2. The molecule has 2 heterocycles. The monoisotopic (exact) mass is 443 g/mol. The van der Waals surface area contributed by atoms with E-state index in [2.05, 4.69) is 4.72 Å². The third-order valence-electron chi connectivity index (χ3n) is 5.34. The topological polar surface area (TPSA) is 88.8 Å². The number of hydrogen-bond donors (Lipinski definition) is 1. The van der Waals surface area contributed by atoms with E-state index in [1.807, 2.05) is 11.8 Å². The molecule has 1 unspecified atom stereocenters. The summed E-state index contributed by atoms with van der Waals surface area (Å²) in [4.78, 5) is 28.9. The second kappa shape index (κ2) is 8.60. The predicted molar refractivity (Wildman–Crippen MR) is 116 cm³/mol. The molecule has 1 aliphatic heterocycles. The number of halogens is 1. The lowest BCUT2D eigenvalue weighted by Gasteiger charge is -2.33. The van der Waals surface area contributed by atoms with Gasteiger partial charge in [-0.2, -0.15) is 4.72 Å². The number of nitrogens with one attached hydrogen (secondary N) is 1. The maximum Gasteiger partial charge on any atom is 0.328 e. The largest absolute Gasteiger partial charge is 0.588 e. The molecule has 1 fully saturated rings. The minimum atomic E-state index is -2.00. The normalized spacial score (nSPS) is 14.3. The van der Waals surface area contributed by atoms with E-state index in [0.717, 1.165) is 19.5 Å². The second-order valence-corrected chi connectivity index (χ2v) is 8.49. The smallest absolute Gasteiger partial charge is 0.328 e. The van der Waals surface area contributed by atoms with E-state index < -0.39 is 23.1 Å². The zero-order valence-corrected chi connectivity index (χ0v) is 18.0. The lowest BCUT2D eigenvalue weighted by Crippen LogP contribution is -2.36. The van der Waals surface area contributed by atoms with Crippen molar-refractivity contribution in [2.24, 2.45) is 0 Å². The number of fused-ring (bicyclic) bond motifs is 1. The molecule has 1 N–H and O–H groups in total. The van der Waals surface area contributed by atoms with Crippen LogP contribution in [0.2, 0.25) is 0 Å². The average Bonchev–Trinajstić information content (AvgIpc) is 3.16. The van der Waals surface area contributed by atoms with Gasteiger partial charge in [0.1, 0.15) is 22.8 Å². The molecule has 0 aliphatic carbocycles. The Balaban J connectivity index is 1.57. The molecule has 1 atom stereocenters. The highest BCUT2D eigenvalue weighted by molar-refractivity contribution is 7.90. The van der Waals surface area contributed by atoms with Crippen LogP contribution in [0.1, 0.15) is 34.3 Å². The summed E-state index contributed by atoms with van der Waals surface area (Å²) in [6.07, 6.45) is 1.05. The summed E-state index contributed by atoms with van der Waals surface area (Å²) in [5.74, 6) is -1.70. The number of carbonyl (C=O) groups excluding carboxylic acids is 2. The van der Waals surface area contributed by atoms with Crippen LogP contribution in [-0.2, 0) is 11.4 Å². The summed E-state index contributed by atoms with van der Waals surface area (Å²) in [6, 6.07) is 10.8. The molecule has 1 aliphatic rings. The molecule has 3 aromatic rings. The first kappa shape index (κ1) is 21.2.